The molecular formula is C10H20F2N2O. The quantitative estimate of drug-likeness (QED) is 0.719. The van der Waals surface area contributed by atoms with Crippen LogP contribution >= 0.6 is 0 Å². The molecule has 5 heteroatoms. The number of alkyl halides is 2. The number of urea groups is 1. The van der Waals surface area contributed by atoms with Crippen LogP contribution in [-0.2, 0) is 0 Å². The van der Waals surface area contributed by atoms with Crippen molar-refractivity contribution in [3.8, 4) is 0 Å². The first kappa shape index (κ1) is 14.1. The third-order valence-electron chi connectivity index (χ3n) is 2.14. The Labute approximate surface area is 90.0 Å². The lowest BCUT2D eigenvalue weighted by molar-refractivity contribution is 0.0723. The molecule has 1 heterocycles. The van der Waals surface area contributed by atoms with Crippen LogP contribution in [0.5, 0.6) is 0 Å². The molecule has 0 aromatic heterocycles. The van der Waals surface area contributed by atoms with Crippen LogP contribution in [0.3, 0.4) is 0 Å². The van der Waals surface area contributed by atoms with Gasteiger partial charge in [0, 0.05) is 19.6 Å². The second-order valence-electron chi connectivity index (χ2n) is 3.05. The molecule has 0 atom stereocenters. The predicted molar refractivity (Wildman–Crippen MR) is 56.2 cm³/mol. The van der Waals surface area contributed by atoms with Crippen molar-refractivity contribution in [3.63, 3.8) is 0 Å². The molecule has 0 bridgehead atoms. The van der Waals surface area contributed by atoms with Crippen LogP contribution in [0.4, 0.5) is 13.6 Å². The van der Waals surface area contributed by atoms with Crippen LogP contribution in [0.25, 0.3) is 0 Å². The molecule has 0 unspecified atom stereocenters. The topological polar surface area (TPSA) is 23.6 Å². The van der Waals surface area contributed by atoms with Gasteiger partial charge in [-0.3, -0.25) is 0 Å². The molecular weight excluding hydrogens is 202 g/mol. The number of rotatable bonds is 3. The minimum Gasteiger partial charge on any atom is -0.325 e. The number of hydrogen-bond acceptors (Lipinski definition) is 1. The smallest absolute Gasteiger partial charge is 0.320 e. The maximum Gasteiger partial charge on any atom is 0.320 e. The summed E-state index contributed by atoms with van der Waals surface area (Å²) in [6.45, 7) is 7.16. The van der Waals surface area contributed by atoms with Crippen molar-refractivity contribution in [3.05, 3.63) is 0 Å². The van der Waals surface area contributed by atoms with Crippen molar-refractivity contribution in [2.24, 2.45) is 0 Å². The molecule has 2 amide bonds. The van der Waals surface area contributed by atoms with Crippen molar-refractivity contribution in [2.75, 3.05) is 26.2 Å². The summed E-state index contributed by atoms with van der Waals surface area (Å²) >= 11 is 0. The standard InChI is InChI=1S/C8H14F2N2O.C2H6/c1-2-11-4-3-5-12(8(11)13)6-7(9)10;1-2/h7H,2-6H2,1H3;1-2H3. The molecule has 1 aliphatic rings. The summed E-state index contributed by atoms with van der Waals surface area (Å²) in [5.74, 6) is 0. The molecule has 1 rings (SSSR count). The molecule has 1 saturated heterocycles. The van der Waals surface area contributed by atoms with E-state index in [9.17, 15) is 13.6 Å². The van der Waals surface area contributed by atoms with Gasteiger partial charge in [0.25, 0.3) is 6.43 Å². The largest absolute Gasteiger partial charge is 0.325 e. The first-order chi connectivity index (χ1) is 7.15. The van der Waals surface area contributed by atoms with Crippen LogP contribution in [0.1, 0.15) is 27.2 Å². The third-order valence-corrected chi connectivity index (χ3v) is 2.14. The Morgan fingerprint density at radius 1 is 1.27 bits per heavy atom. The van der Waals surface area contributed by atoms with Crippen molar-refractivity contribution in [1.82, 2.24) is 9.80 Å². The lowest BCUT2D eigenvalue weighted by Crippen LogP contribution is -2.50. The maximum absolute atomic E-state index is 12.0. The van der Waals surface area contributed by atoms with Crippen LogP contribution in [-0.4, -0.2) is 48.4 Å². The van der Waals surface area contributed by atoms with Gasteiger partial charge in [0.1, 0.15) is 0 Å². The van der Waals surface area contributed by atoms with E-state index in [1.807, 2.05) is 20.8 Å². The zero-order valence-electron chi connectivity index (χ0n) is 9.67. The van der Waals surface area contributed by atoms with Gasteiger partial charge in [0.2, 0.25) is 0 Å². The monoisotopic (exact) mass is 222 g/mol. The highest BCUT2D eigenvalue weighted by atomic mass is 19.3. The number of carbonyl (C=O) groups is 1. The Kier molecular flexibility index (Phi) is 6.99. The summed E-state index contributed by atoms with van der Waals surface area (Å²) in [5, 5.41) is 0. The second kappa shape index (κ2) is 7.43. The molecule has 0 radical (unpaired) electrons. The third kappa shape index (κ3) is 4.44. The Morgan fingerprint density at radius 3 is 2.27 bits per heavy atom. The summed E-state index contributed by atoms with van der Waals surface area (Å²) in [4.78, 5) is 14.2. The minimum absolute atomic E-state index is 0.256. The number of carbonyl (C=O) groups excluding carboxylic acids is 1. The van der Waals surface area contributed by atoms with Crippen molar-refractivity contribution in [2.45, 2.75) is 33.6 Å². The molecule has 90 valence electrons. The molecule has 0 N–H and O–H groups in total. The zero-order chi connectivity index (χ0) is 11.8. The van der Waals surface area contributed by atoms with Crippen LogP contribution in [0.2, 0.25) is 0 Å². The zero-order valence-corrected chi connectivity index (χ0v) is 9.67. The number of hydrogen-bond donors (Lipinski definition) is 0. The highest BCUT2D eigenvalue weighted by molar-refractivity contribution is 5.75. The summed E-state index contributed by atoms with van der Waals surface area (Å²) in [7, 11) is 0. The van der Waals surface area contributed by atoms with Gasteiger partial charge in [-0.1, -0.05) is 13.8 Å². The first-order valence-electron chi connectivity index (χ1n) is 5.47. The normalized spacial score (nSPS) is 16.5. The van der Waals surface area contributed by atoms with Gasteiger partial charge in [0.05, 0.1) is 6.54 Å². The van der Waals surface area contributed by atoms with Gasteiger partial charge >= 0.3 is 6.03 Å². The molecule has 0 aromatic carbocycles. The van der Waals surface area contributed by atoms with Gasteiger partial charge in [-0.25, -0.2) is 13.6 Å². The number of halogens is 2. The predicted octanol–water partition coefficient (Wildman–Crippen LogP) is 2.43. The summed E-state index contributed by atoms with van der Waals surface area (Å²) < 4.78 is 24.0. The van der Waals surface area contributed by atoms with Gasteiger partial charge in [-0.2, -0.15) is 0 Å². The summed E-state index contributed by atoms with van der Waals surface area (Å²) in [6.07, 6.45) is -1.65. The van der Waals surface area contributed by atoms with Gasteiger partial charge < -0.3 is 9.80 Å². The molecule has 0 saturated carbocycles. The van der Waals surface area contributed by atoms with E-state index in [-0.39, 0.29) is 6.03 Å². The van der Waals surface area contributed by atoms with Crippen LogP contribution in [0, 0.1) is 0 Å². The van der Waals surface area contributed by atoms with E-state index in [1.54, 1.807) is 4.90 Å². The molecule has 0 spiro atoms. The van der Waals surface area contributed by atoms with Gasteiger partial charge in [0.15, 0.2) is 0 Å². The molecule has 3 nitrogen and oxygen atoms in total. The Hall–Kier alpha value is -0.870. The minimum atomic E-state index is -2.43. The van der Waals surface area contributed by atoms with E-state index >= 15 is 0 Å². The van der Waals surface area contributed by atoms with E-state index in [0.29, 0.717) is 19.6 Å². The van der Waals surface area contributed by atoms with Crippen molar-refractivity contribution in [1.29, 1.82) is 0 Å². The molecule has 1 fully saturated rings. The van der Waals surface area contributed by atoms with E-state index in [4.69, 9.17) is 0 Å². The number of amides is 2. The van der Waals surface area contributed by atoms with Gasteiger partial charge in [-0.15, -0.1) is 0 Å². The van der Waals surface area contributed by atoms with Crippen LogP contribution < -0.4 is 0 Å². The van der Waals surface area contributed by atoms with Crippen LogP contribution in [0.15, 0.2) is 0 Å². The lowest BCUT2D eigenvalue weighted by Gasteiger charge is -2.34. The summed E-state index contributed by atoms with van der Waals surface area (Å²) in [5.41, 5.74) is 0. The molecule has 0 aliphatic carbocycles. The highest BCUT2D eigenvalue weighted by Gasteiger charge is 2.26. The Balaban J connectivity index is 0.000000921. The SMILES string of the molecule is CC.CCN1CCCN(CC(F)F)C1=O. The van der Waals surface area contributed by atoms with Crippen molar-refractivity contribution >= 4 is 6.03 Å². The lowest BCUT2D eigenvalue weighted by atomic mass is 10.3. The molecule has 15 heavy (non-hydrogen) atoms. The average Bonchev–Trinajstić information content (AvgIpc) is 2.23. The van der Waals surface area contributed by atoms with E-state index < -0.39 is 13.0 Å². The fourth-order valence-electron chi connectivity index (χ4n) is 1.47. The highest BCUT2D eigenvalue weighted by Crippen LogP contribution is 2.10. The average molecular weight is 222 g/mol. The van der Waals surface area contributed by atoms with E-state index in [1.165, 1.54) is 4.90 Å². The number of nitrogens with zero attached hydrogens (tertiary/aromatic N) is 2. The molecule has 0 aromatic rings. The molecule has 1 aliphatic heterocycles. The maximum atomic E-state index is 12.0. The van der Waals surface area contributed by atoms with Gasteiger partial charge in [-0.05, 0) is 13.3 Å². The van der Waals surface area contributed by atoms with E-state index in [2.05, 4.69) is 0 Å². The fraction of sp³-hybridized carbons (Fsp3) is 0.900. The van der Waals surface area contributed by atoms with E-state index in [0.717, 1.165) is 6.42 Å². The Morgan fingerprint density at radius 2 is 1.80 bits per heavy atom. The fourth-order valence-corrected chi connectivity index (χ4v) is 1.47. The second-order valence-corrected chi connectivity index (χ2v) is 3.05. The van der Waals surface area contributed by atoms with Crippen molar-refractivity contribution < 1.29 is 13.6 Å². The Bertz CT molecular complexity index is 188. The summed E-state index contributed by atoms with van der Waals surface area (Å²) in [6, 6.07) is -0.256. The first-order valence-corrected chi connectivity index (χ1v) is 5.47.